The summed E-state index contributed by atoms with van der Waals surface area (Å²) in [5.74, 6) is 0. The fraction of sp³-hybridized carbons (Fsp3) is 0.200. The van der Waals surface area contributed by atoms with E-state index in [1.807, 2.05) is 44.2 Å². The summed E-state index contributed by atoms with van der Waals surface area (Å²) < 4.78 is 19.6. The molecule has 3 nitrogen and oxygen atoms in total. The van der Waals surface area contributed by atoms with Gasteiger partial charge in [0.1, 0.15) is 0 Å². The lowest BCUT2D eigenvalue weighted by molar-refractivity contribution is 0.0712. The third-order valence-corrected chi connectivity index (χ3v) is 8.98. The molecule has 0 saturated carbocycles. The predicted molar refractivity (Wildman–Crippen MR) is 140 cm³/mol. The van der Waals surface area contributed by atoms with Gasteiger partial charge in [0.15, 0.2) is 0 Å². The molecule has 0 aromatic heterocycles. The maximum atomic E-state index is 6.92. The molecule has 4 rings (SSSR count). The van der Waals surface area contributed by atoms with Crippen molar-refractivity contribution in [1.29, 1.82) is 0 Å². The standard InChI is InChI=1S/C30H32O3Si/c1-3-31-34(32-4-2,29-23-15-8-16-24-29)33-25-30(26-17-9-5-10-18-26,27-19-11-6-12-20-27)28-21-13-7-14-22-28/h5-24H,3-4,25H2,1-2H3. The van der Waals surface area contributed by atoms with Crippen LogP contribution in [-0.2, 0) is 18.7 Å². The van der Waals surface area contributed by atoms with Crippen LogP contribution in [0.15, 0.2) is 121 Å². The molecule has 0 saturated heterocycles. The van der Waals surface area contributed by atoms with E-state index in [9.17, 15) is 0 Å². The summed E-state index contributed by atoms with van der Waals surface area (Å²) >= 11 is 0. The van der Waals surface area contributed by atoms with Crippen molar-refractivity contribution in [3.63, 3.8) is 0 Å². The summed E-state index contributed by atoms with van der Waals surface area (Å²) in [7, 11) is -3.18. The van der Waals surface area contributed by atoms with Gasteiger partial charge in [-0.1, -0.05) is 121 Å². The lowest BCUT2D eigenvalue weighted by Gasteiger charge is -2.39. The van der Waals surface area contributed by atoms with E-state index in [2.05, 4.69) is 91.0 Å². The van der Waals surface area contributed by atoms with E-state index in [4.69, 9.17) is 13.3 Å². The zero-order valence-electron chi connectivity index (χ0n) is 19.9. The molecular formula is C30H32O3Si. The van der Waals surface area contributed by atoms with Crippen LogP contribution in [0.5, 0.6) is 0 Å². The third kappa shape index (κ3) is 4.91. The molecule has 0 atom stereocenters. The van der Waals surface area contributed by atoms with Gasteiger partial charge in [-0.3, -0.25) is 0 Å². The van der Waals surface area contributed by atoms with Crippen LogP contribution in [0.3, 0.4) is 0 Å². The highest BCUT2D eigenvalue weighted by atomic mass is 28.4. The second-order valence-electron chi connectivity index (χ2n) is 8.08. The van der Waals surface area contributed by atoms with Gasteiger partial charge in [0.05, 0.1) is 12.0 Å². The Hall–Kier alpha value is -3.02. The van der Waals surface area contributed by atoms with E-state index in [0.717, 1.165) is 21.9 Å². The third-order valence-electron chi connectivity index (χ3n) is 6.07. The maximum absolute atomic E-state index is 6.92. The van der Waals surface area contributed by atoms with Crippen molar-refractivity contribution < 1.29 is 13.3 Å². The molecule has 0 radical (unpaired) electrons. The SMILES string of the molecule is CCO[Si](OCC)(OCC(c1ccccc1)(c1ccccc1)c1ccccc1)c1ccccc1. The van der Waals surface area contributed by atoms with Crippen LogP contribution in [0.2, 0.25) is 0 Å². The minimum atomic E-state index is -3.18. The van der Waals surface area contributed by atoms with Crippen molar-refractivity contribution in [1.82, 2.24) is 0 Å². The zero-order chi connectivity index (χ0) is 23.7. The second kappa shape index (κ2) is 11.4. The fourth-order valence-electron chi connectivity index (χ4n) is 4.52. The van der Waals surface area contributed by atoms with E-state index in [-0.39, 0.29) is 0 Å². The Morgan fingerprint density at radius 1 is 0.500 bits per heavy atom. The quantitative estimate of drug-likeness (QED) is 0.201. The van der Waals surface area contributed by atoms with Crippen molar-refractivity contribution in [3.8, 4) is 0 Å². The van der Waals surface area contributed by atoms with Gasteiger partial charge >= 0.3 is 8.80 Å². The van der Waals surface area contributed by atoms with E-state index in [1.165, 1.54) is 0 Å². The summed E-state index contributed by atoms with van der Waals surface area (Å²) in [5.41, 5.74) is 2.95. The smallest absolute Gasteiger partial charge is 0.370 e. The highest BCUT2D eigenvalue weighted by molar-refractivity contribution is 6.75. The molecule has 0 N–H and O–H groups in total. The number of rotatable bonds is 11. The first-order valence-corrected chi connectivity index (χ1v) is 13.6. The topological polar surface area (TPSA) is 27.7 Å². The van der Waals surface area contributed by atoms with E-state index < -0.39 is 14.2 Å². The Labute approximate surface area is 204 Å². The van der Waals surface area contributed by atoms with Gasteiger partial charge in [0, 0.05) is 18.4 Å². The van der Waals surface area contributed by atoms with Gasteiger partial charge in [-0.25, -0.2) is 0 Å². The number of benzene rings is 4. The van der Waals surface area contributed by atoms with Crippen LogP contribution >= 0.6 is 0 Å². The van der Waals surface area contributed by atoms with Crippen LogP contribution in [0.25, 0.3) is 0 Å². The first-order valence-electron chi connectivity index (χ1n) is 11.9. The molecule has 0 aliphatic heterocycles. The lowest BCUT2D eigenvalue weighted by Crippen LogP contribution is -2.58. The van der Waals surface area contributed by atoms with Crippen molar-refractivity contribution in [3.05, 3.63) is 138 Å². The first-order chi connectivity index (χ1) is 16.7. The van der Waals surface area contributed by atoms with Crippen molar-refractivity contribution in [2.45, 2.75) is 19.3 Å². The molecule has 0 heterocycles. The van der Waals surface area contributed by atoms with Crippen molar-refractivity contribution in [2.75, 3.05) is 19.8 Å². The first kappa shape index (κ1) is 24.1. The fourth-order valence-corrected chi connectivity index (χ4v) is 7.04. The minimum absolute atomic E-state index is 0.381. The molecule has 0 amide bonds. The molecule has 0 aliphatic rings. The molecule has 0 unspecified atom stereocenters. The second-order valence-corrected chi connectivity index (χ2v) is 10.6. The minimum Gasteiger partial charge on any atom is -0.370 e. The Bertz CT molecular complexity index is 1020. The van der Waals surface area contributed by atoms with Crippen molar-refractivity contribution in [2.24, 2.45) is 0 Å². The molecule has 4 heteroatoms. The molecular weight excluding hydrogens is 436 g/mol. The Kier molecular flexibility index (Phi) is 8.09. The van der Waals surface area contributed by atoms with Gasteiger partial charge in [0.25, 0.3) is 0 Å². The van der Waals surface area contributed by atoms with Crippen LogP contribution in [0.1, 0.15) is 30.5 Å². The molecule has 0 aliphatic carbocycles. The number of hydrogen-bond donors (Lipinski definition) is 0. The summed E-state index contributed by atoms with van der Waals surface area (Å²) in [6.45, 7) is 5.39. The Morgan fingerprint density at radius 3 is 1.21 bits per heavy atom. The van der Waals surface area contributed by atoms with Crippen LogP contribution in [0, 0.1) is 0 Å². The summed E-state index contributed by atoms with van der Waals surface area (Å²) in [4.78, 5) is 0. The molecule has 4 aromatic rings. The summed E-state index contributed by atoms with van der Waals surface area (Å²) in [5, 5.41) is 0.974. The lowest BCUT2D eigenvalue weighted by atomic mass is 9.70. The maximum Gasteiger partial charge on any atom is 0.537 e. The monoisotopic (exact) mass is 468 g/mol. The van der Waals surface area contributed by atoms with E-state index in [1.54, 1.807) is 0 Å². The molecule has 0 bridgehead atoms. The van der Waals surface area contributed by atoms with Gasteiger partial charge in [-0.2, -0.15) is 0 Å². The van der Waals surface area contributed by atoms with Gasteiger partial charge in [-0.15, -0.1) is 0 Å². The normalized spacial score (nSPS) is 11.9. The highest BCUT2D eigenvalue weighted by Crippen LogP contribution is 2.40. The average molecular weight is 469 g/mol. The van der Waals surface area contributed by atoms with Crippen LogP contribution in [0.4, 0.5) is 0 Å². The molecule has 0 spiro atoms. The van der Waals surface area contributed by atoms with Crippen LogP contribution in [-0.4, -0.2) is 28.6 Å². The van der Waals surface area contributed by atoms with E-state index in [0.29, 0.717) is 19.8 Å². The van der Waals surface area contributed by atoms with Crippen molar-refractivity contribution >= 4 is 14.0 Å². The predicted octanol–water partition coefficient (Wildman–Crippen LogP) is 5.96. The molecule has 4 aromatic carbocycles. The Morgan fingerprint density at radius 2 is 0.853 bits per heavy atom. The average Bonchev–Trinajstić information content (AvgIpc) is 2.91. The van der Waals surface area contributed by atoms with Gasteiger partial charge in [0.2, 0.25) is 0 Å². The van der Waals surface area contributed by atoms with Gasteiger partial charge < -0.3 is 13.3 Å². The van der Waals surface area contributed by atoms with Gasteiger partial charge in [-0.05, 0) is 30.5 Å². The van der Waals surface area contributed by atoms with Crippen LogP contribution < -0.4 is 5.19 Å². The number of hydrogen-bond acceptors (Lipinski definition) is 3. The summed E-state index contributed by atoms with van der Waals surface area (Å²) in [6, 6.07) is 41.9. The molecule has 34 heavy (non-hydrogen) atoms. The van der Waals surface area contributed by atoms with E-state index >= 15 is 0 Å². The Balaban J connectivity index is 1.89. The zero-order valence-corrected chi connectivity index (χ0v) is 20.9. The largest absolute Gasteiger partial charge is 0.537 e. The highest BCUT2D eigenvalue weighted by Gasteiger charge is 2.47. The summed E-state index contributed by atoms with van der Waals surface area (Å²) in [6.07, 6.45) is 0. The molecule has 0 fully saturated rings. The molecule has 174 valence electrons.